The second-order valence-electron chi connectivity index (χ2n) is 3.25. The van der Waals surface area contributed by atoms with Crippen LogP contribution < -0.4 is 5.32 Å². The Labute approximate surface area is 72.6 Å². The molecule has 2 unspecified atom stereocenters. The minimum absolute atomic E-state index is 0. The summed E-state index contributed by atoms with van der Waals surface area (Å²) >= 11 is 0. The fourth-order valence-corrected chi connectivity index (χ4v) is 1.23. The zero-order chi connectivity index (χ0) is 7.78. The first-order chi connectivity index (χ1) is 4.57. The molecule has 0 aliphatic carbocycles. The fourth-order valence-electron chi connectivity index (χ4n) is 1.23. The summed E-state index contributed by atoms with van der Waals surface area (Å²) in [4.78, 5) is 10.7. The van der Waals surface area contributed by atoms with E-state index in [2.05, 4.69) is 5.32 Å². The summed E-state index contributed by atoms with van der Waals surface area (Å²) in [5.74, 6) is -0.449. The molecule has 11 heavy (non-hydrogen) atoms. The standard InChI is InChI=1S/C7H13NO2.ClH/c1-5-3-8-4-7(5,2)6(9)10;/h5,8H,3-4H2,1-2H3,(H,9,10);1H. The average Bonchev–Trinajstić information content (AvgIpc) is 2.15. The molecule has 2 N–H and O–H groups in total. The Hall–Kier alpha value is -0.280. The monoisotopic (exact) mass is 179 g/mol. The Balaban J connectivity index is 0.000001000. The molecule has 1 aliphatic rings. The molecule has 4 heteroatoms. The maximum Gasteiger partial charge on any atom is 0.310 e. The van der Waals surface area contributed by atoms with Crippen LogP contribution in [0.15, 0.2) is 0 Å². The molecule has 1 rings (SSSR count). The van der Waals surface area contributed by atoms with Crippen molar-refractivity contribution in [3.8, 4) is 0 Å². The minimum atomic E-state index is -0.690. The third kappa shape index (κ3) is 1.65. The Morgan fingerprint density at radius 3 is 2.45 bits per heavy atom. The van der Waals surface area contributed by atoms with Gasteiger partial charge < -0.3 is 10.4 Å². The molecule has 1 saturated heterocycles. The predicted octanol–water partition coefficient (Wildman–Crippen LogP) is 0.738. The molecule has 0 amide bonds. The van der Waals surface area contributed by atoms with Gasteiger partial charge in [0.1, 0.15) is 0 Å². The Morgan fingerprint density at radius 2 is 2.27 bits per heavy atom. The highest BCUT2D eigenvalue weighted by molar-refractivity contribution is 5.85. The van der Waals surface area contributed by atoms with Crippen molar-refractivity contribution in [2.45, 2.75) is 13.8 Å². The Bertz CT molecular complexity index is 163. The van der Waals surface area contributed by atoms with Crippen LogP contribution in [0.4, 0.5) is 0 Å². The van der Waals surface area contributed by atoms with Crippen molar-refractivity contribution < 1.29 is 9.90 Å². The van der Waals surface area contributed by atoms with E-state index in [4.69, 9.17) is 5.11 Å². The number of halogens is 1. The number of rotatable bonds is 1. The second kappa shape index (κ2) is 3.41. The van der Waals surface area contributed by atoms with Crippen molar-refractivity contribution in [1.82, 2.24) is 5.32 Å². The van der Waals surface area contributed by atoms with Gasteiger partial charge in [0, 0.05) is 6.54 Å². The van der Waals surface area contributed by atoms with Gasteiger partial charge in [0.15, 0.2) is 0 Å². The van der Waals surface area contributed by atoms with Crippen LogP contribution >= 0.6 is 12.4 Å². The summed E-state index contributed by atoms with van der Waals surface area (Å²) in [5.41, 5.74) is -0.542. The highest BCUT2D eigenvalue weighted by Gasteiger charge is 2.42. The molecular weight excluding hydrogens is 166 g/mol. The van der Waals surface area contributed by atoms with Crippen LogP contribution in [0.3, 0.4) is 0 Å². The summed E-state index contributed by atoms with van der Waals surface area (Å²) in [7, 11) is 0. The molecule has 66 valence electrons. The van der Waals surface area contributed by atoms with Gasteiger partial charge in [-0.2, -0.15) is 0 Å². The van der Waals surface area contributed by atoms with Gasteiger partial charge in [-0.05, 0) is 19.4 Å². The largest absolute Gasteiger partial charge is 0.481 e. The van der Waals surface area contributed by atoms with Gasteiger partial charge in [0.05, 0.1) is 5.41 Å². The van der Waals surface area contributed by atoms with Crippen molar-refractivity contribution in [2.75, 3.05) is 13.1 Å². The van der Waals surface area contributed by atoms with Crippen molar-refractivity contribution in [3.05, 3.63) is 0 Å². The minimum Gasteiger partial charge on any atom is -0.481 e. The number of aliphatic carboxylic acids is 1. The maximum absolute atomic E-state index is 10.7. The highest BCUT2D eigenvalue weighted by Crippen LogP contribution is 2.30. The third-order valence-electron chi connectivity index (χ3n) is 2.52. The van der Waals surface area contributed by atoms with Crippen LogP contribution in [0, 0.1) is 11.3 Å². The van der Waals surface area contributed by atoms with Crippen LogP contribution in [-0.2, 0) is 4.79 Å². The molecule has 0 radical (unpaired) electrons. The van der Waals surface area contributed by atoms with E-state index >= 15 is 0 Å². The van der Waals surface area contributed by atoms with E-state index < -0.39 is 11.4 Å². The van der Waals surface area contributed by atoms with Gasteiger partial charge in [0.25, 0.3) is 0 Å². The molecule has 0 spiro atoms. The summed E-state index contributed by atoms with van der Waals surface area (Å²) in [6.07, 6.45) is 0. The molecule has 2 atom stereocenters. The van der Waals surface area contributed by atoms with Crippen LogP contribution in [0.25, 0.3) is 0 Å². The lowest BCUT2D eigenvalue weighted by Gasteiger charge is -2.21. The number of hydrogen-bond donors (Lipinski definition) is 2. The van der Waals surface area contributed by atoms with Gasteiger partial charge >= 0.3 is 5.97 Å². The second-order valence-corrected chi connectivity index (χ2v) is 3.25. The van der Waals surface area contributed by atoms with E-state index in [9.17, 15) is 4.79 Å². The summed E-state index contributed by atoms with van der Waals surface area (Å²) in [6.45, 7) is 5.18. The molecule has 1 fully saturated rings. The number of carbonyl (C=O) groups is 1. The smallest absolute Gasteiger partial charge is 0.310 e. The first-order valence-electron chi connectivity index (χ1n) is 3.51. The van der Waals surface area contributed by atoms with Crippen LogP contribution in [0.5, 0.6) is 0 Å². The predicted molar refractivity (Wildman–Crippen MR) is 45.0 cm³/mol. The van der Waals surface area contributed by atoms with E-state index in [0.717, 1.165) is 6.54 Å². The van der Waals surface area contributed by atoms with Gasteiger partial charge in [0.2, 0.25) is 0 Å². The van der Waals surface area contributed by atoms with Crippen LogP contribution in [-0.4, -0.2) is 24.2 Å². The lowest BCUT2D eigenvalue weighted by molar-refractivity contribution is -0.148. The van der Waals surface area contributed by atoms with Gasteiger partial charge in [-0.15, -0.1) is 12.4 Å². The SMILES string of the molecule is CC1CNCC1(C)C(=O)O.Cl. The Kier molecular flexibility index (Phi) is 3.32. The van der Waals surface area contributed by atoms with Crippen LogP contribution in [0.1, 0.15) is 13.8 Å². The maximum atomic E-state index is 10.7. The summed E-state index contributed by atoms with van der Waals surface area (Å²) in [6, 6.07) is 0. The lowest BCUT2D eigenvalue weighted by Crippen LogP contribution is -2.34. The van der Waals surface area contributed by atoms with Crippen molar-refractivity contribution >= 4 is 18.4 Å². The van der Waals surface area contributed by atoms with Gasteiger partial charge in [-0.25, -0.2) is 0 Å². The van der Waals surface area contributed by atoms with E-state index in [1.807, 2.05) is 6.92 Å². The summed E-state index contributed by atoms with van der Waals surface area (Å²) in [5, 5.41) is 11.9. The molecule has 0 bridgehead atoms. The molecule has 0 aromatic carbocycles. The third-order valence-corrected chi connectivity index (χ3v) is 2.52. The molecule has 0 aromatic rings. The first-order valence-corrected chi connectivity index (χ1v) is 3.51. The van der Waals surface area contributed by atoms with E-state index in [-0.39, 0.29) is 18.3 Å². The van der Waals surface area contributed by atoms with E-state index in [0.29, 0.717) is 6.54 Å². The average molecular weight is 180 g/mol. The Morgan fingerprint density at radius 1 is 1.73 bits per heavy atom. The fraction of sp³-hybridized carbons (Fsp3) is 0.857. The topological polar surface area (TPSA) is 49.3 Å². The quantitative estimate of drug-likeness (QED) is 0.624. The van der Waals surface area contributed by atoms with Crippen molar-refractivity contribution in [1.29, 1.82) is 0 Å². The number of hydrogen-bond acceptors (Lipinski definition) is 2. The first kappa shape index (κ1) is 10.7. The van der Waals surface area contributed by atoms with Crippen molar-refractivity contribution in [3.63, 3.8) is 0 Å². The molecule has 0 aromatic heterocycles. The zero-order valence-electron chi connectivity index (χ0n) is 6.76. The van der Waals surface area contributed by atoms with E-state index in [1.54, 1.807) is 6.92 Å². The molecular formula is C7H14ClNO2. The molecule has 3 nitrogen and oxygen atoms in total. The number of nitrogens with one attached hydrogen (secondary N) is 1. The van der Waals surface area contributed by atoms with Crippen LogP contribution in [0.2, 0.25) is 0 Å². The molecule has 1 aliphatic heterocycles. The van der Waals surface area contributed by atoms with Crippen molar-refractivity contribution in [2.24, 2.45) is 11.3 Å². The number of carboxylic acids is 1. The molecule has 1 heterocycles. The number of carboxylic acid groups (broad SMARTS) is 1. The van der Waals surface area contributed by atoms with Gasteiger partial charge in [-0.3, -0.25) is 4.79 Å². The van der Waals surface area contributed by atoms with E-state index in [1.165, 1.54) is 0 Å². The highest BCUT2D eigenvalue weighted by atomic mass is 35.5. The van der Waals surface area contributed by atoms with Gasteiger partial charge in [-0.1, -0.05) is 6.92 Å². The summed E-state index contributed by atoms with van der Waals surface area (Å²) < 4.78 is 0. The normalized spacial score (nSPS) is 36.4. The molecule has 0 saturated carbocycles. The lowest BCUT2D eigenvalue weighted by atomic mass is 9.81. The zero-order valence-corrected chi connectivity index (χ0v) is 7.57.